The first kappa shape index (κ1) is 9.83. The number of aromatic amines is 1. The van der Waals surface area contributed by atoms with Crippen molar-refractivity contribution in [2.24, 2.45) is 0 Å². The molecule has 0 unspecified atom stereocenters. The minimum atomic E-state index is -0.742. The fourth-order valence-corrected chi connectivity index (χ4v) is 1.84. The molecule has 86 valence electrons. The van der Waals surface area contributed by atoms with Crippen LogP contribution in [0.2, 0.25) is 0 Å². The lowest BCUT2D eigenvalue weighted by molar-refractivity contribution is 0.548. The Bertz CT molecular complexity index is 702. The number of hydrogen-bond acceptors (Lipinski definition) is 3. The van der Waals surface area contributed by atoms with Gasteiger partial charge in [-0.1, -0.05) is 0 Å². The second kappa shape index (κ2) is 3.31. The first-order valence-electron chi connectivity index (χ1n) is 4.83. The van der Waals surface area contributed by atoms with Crippen LogP contribution in [0.1, 0.15) is 0 Å². The molecule has 17 heavy (non-hydrogen) atoms. The molecular formula is C11H7F2N3O. The number of hydrogen-bond donors (Lipinski definition) is 2. The van der Waals surface area contributed by atoms with Gasteiger partial charge in [0.1, 0.15) is 11.6 Å². The number of furan rings is 1. The van der Waals surface area contributed by atoms with E-state index in [1.807, 2.05) is 0 Å². The molecule has 0 fully saturated rings. The smallest absolute Gasteiger partial charge is 0.170 e. The van der Waals surface area contributed by atoms with Gasteiger partial charge in [0.25, 0.3) is 0 Å². The molecule has 0 radical (unpaired) electrons. The van der Waals surface area contributed by atoms with E-state index in [-0.39, 0.29) is 17.0 Å². The van der Waals surface area contributed by atoms with Gasteiger partial charge in [0.2, 0.25) is 0 Å². The fourth-order valence-electron chi connectivity index (χ4n) is 1.84. The van der Waals surface area contributed by atoms with Gasteiger partial charge >= 0.3 is 0 Å². The highest BCUT2D eigenvalue weighted by atomic mass is 19.1. The first-order valence-corrected chi connectivity index (χ1v) is 4.83. The van der Waals surface area contributed by atoms with Crippen LogP contribution >= 0.6 is 0 Å². The number of anilines is 1. The summed E-state index contributed by atoms with van der Waals surface area (Å²) in [6, 6.07) is 2.26. The van der Waals surface area contributed by atoms with E-state index in [9.17, 15) is 8.78 Å². The summed E-state index contributed by atoms with van der Waals surface area (Å²) >= 11 is 0. The van der Waals surface area contributed by atoms with Gasteiger partial charge in [-0.15, -0.1) is 0 Å². The zero-order valence-electron chi connectivity index (χ0n) is 8.50. The Morgan fingerprint density at radius 3 is 2.82 bits per heavy atom. The van der Waals surface area contributed by atoms with Gasteiger partial charge in [-0.25, -0.2) is 8.78 Å². The monoisotopic (exact) mass is 235 g/mol. The van der Waals surface area contributed by atoms with Gasteiger partial charge in [0.05, 0.1) is 12.5 Å². The molecule has 2 aromatic heterocycles. The van der Waals surface area contributed by atoms with E-state index in [4.69, 9.17) is 10.2 Å². The summed E-state index contributed by atoms with van der Waals surface area (Å²) in [6.07, 6.45) is 2.69. The molecule has 0 amide bonds. The Balaban J connectivity index is 2.44. The Kier molecular flexibility index (Phi) is 1.91. The van der Waals surface area contributed by atoms with E-state index < -0.39 is 11.6 Å². The molecule has 3 N–H and O–H groups in total. The minimum absolute atomic E-state index is 0.00185. The average molecular weight is 235 g/mol. The van der Waals surface area contributed by atoms with Crippen molar-refractivity contribution < 1.29 is 13.2 Å². The van der Waals surface area contributed by atoms with Gasteiger partial charge in [-0.2, -0.15) is 5.10 Å². The van der Waals surface area contributed by atoms with Crippen molar-refractivity contribution >= 4 is 16.8 Å². The third kappa shape index (κ3) is 1.30. The Labute approximate surface area is 94.0 Å². The highest BCUT2D eigenvalue weighted by Crippen LogP contribution is 2.35. The molecule has 0 aliphatic carbocycles. The van der Waals surface area contributed by atoms with Crippen molar-refractivity contribution in [2.75, 3.05) is 5.73 Å². The summed E-state index contributed by atoms with van der Waals surface area (Å²) in [4.78, 5) is 0. The van der Waals surface area contributed by atoms with E-state index in [1.54, 1.807) is 0 Å². The maximum Gasteiger partial charge on any atom is 0.170 e. The third-order valence-corrected chi connectivity index (χ3v) is 2.58. The Morgan fingerprint density at radius 1 is 1.29 bits per heavy atom. The van der Waals surface area contributed by atoms with E-state index in [1.165, 1.54) is 18.5 Å². The SMILES string of the molecule is Nc1[nH]ncc1-c1c(F)cc(F)c2occc12. The normalized spacial score (nSPS) is 11.2. The standard InChI is InChI=1S/C11H7F2N3O/c12-7-3-8(13)10-5(1-2-17-10)9(7)6-4-15-16-11(6)14/h1-4H,(H3,14,15,16). The van der Waals surface area contributed by atoms with Crippen molar-refractivity contribution in [1.82, 2.24) is 10.2 Å². The van der Waals surface area contributed by atoms with Crippen LogP contribution in [-0.2, 0) is 0 Å². The molecule has 1 aromatic carbocycles. The van der Waals surface area contributed by atoms with Gasteiger partial charge < -0.3 is 10.2 Å². The average Bonchev–Trinajstić information content (AvgIpc) is 2.88. The molecule has 3 aromatic rings. The molecule has 0 saturated carbocycles. The van der Waals surface area contributed by atoms with Gasteiger partial charge in [0.15, 0.2) is 11.4 Å². The summed E-state index contributed by atoms with van der Waals surface area (Å²) in [6.45, 7) is 0. The number of fused-ring (bicyclic) bond motifs is 1. The molecule has 0 atom stereocenters. The molecule has 0 spiro atoms. The Morgan fingerprint density at radius 2 is 2.12 bits per heavy atom. The molecular weight excluding hydrogens is 228 g/mol. The number of H-pyrrole nitrogens is 1. The van der Waals surface area contributed by atoms with Crippen molar-refractivity contribution in [3.63, 3.8) is 0 Å². The summed E-state index contributed by atoms with van der Waals surface area (Å²) in [7, 11) is 0. The van der Waals surface area contributed by atoms with E-state index >= 15 is 0 Å². The van der Waals surface area contributed by atoms with Crippen LogP contribution in [0.5, 0.6) is 0 Å². The van der Waals surface area contributed by atoms with Crippen molar-refractivity contribution in [1.29, 1.82) is 0 Å². The first-order chi connectivity index (χ1) is 8.18. The molecule has 2 heterocycles. The summed E-state index contributed by atoms with van der Waals surface area (Å²) in [5.41, 5.74) is 6.20. The number of benzene rings is 1. The van der Waals surface area contributed by atoms with Gasteiger partial charge in [-0.05, 0) is 6.07 Å². The maximum absolute atomic E-state index is 13.8. The van der Waals surface area contributed by atoms with E-state index in [0.29, 0.717) is 10.9 Å². The zero-order chi connectivity index (χ0) is 12.0. The predicted octanol–water partition coefficient (Wildman–Crippen LogP) is 2.68. The molecule has 3 rings (SSSR count). The van der Waals surface area contributed by atoms with Gasteiger partial charge in [-0.3, -0.25) is 5.10 Å². The number of nitrogen functional groups attached to an aromatic ring is 1. The molecule has 0 aliphatic heterocycles. The quantitative estimate of drug-likeness (QED) is 0.681. The number of nitrogens with two attached hydrogens (primary N) is 1. The highest BCUT2D eigenvalue weighted by molar-refractivity contribution is 5.96. The van der Waals surface area contributed by atoms with Crippen LogP contribution in [0.4, 0.5) is 14.6 Å². The lowest BCUT2D eigenvalue weighted by Crippen LogP contribution is -1.92. The maximum atomic E-state index is 13.8. The second-order valence-electron chi connectivity index (χ2n) is 3.58. The topological polar surface area (TPSA) is 67.8 Å². The van der Waals surface area contributed by atoms with E-state index in [0.717, 1.165) is 6.07 Å². The number of rotatable bonds is 1. The number of halogens is 2. The molecule has 0 bridgehead atoms. The third-order valence-electron chi connectivity index (χ3n) is 2.58. The molecule has 0 saturated heterocycles. The molecule has 4 nitrogen and oxygen atoms in total. The Hall–Kier alpha value is -2.37. The van der Waals surface area contributed by atoms with Crippen LogP contribution in [-0.4, -0.2) is 10.2 Å². The van der Waals surface area contributed by atoms with Crippen molar-refractivity contribution in [3.05, 3.63) is 36.2 Å². The van der Waals surface area contributed by atoms with Crippen LogP contribution in [0.25, 0.3) is 22.1 Å². The van der Waals surface area contributed by atoms with E-state index in [2.05, 4.69) is 10.2 Å². The van der Waals surface area contributed by atoms with Crippen LogP contribution < -0.4 is 5.73 Å². The molecule has 0 aliphatic rings. The number of nitrogens with one attached hydrogen (secondary N) is 1. The zero-order valence-corrected chi connectivity index (χ0v) is 8.50. The number of nitrogens with zero attached hydrogens (tertiary/aromatic N) is 1. The lowest BCUT2D eigenvalue weighted by atomic mass is 10.0. The largest absolute Gasteiger partial charge is 0.461 e. The fraction of sp³-hybridized carbons (Fsp3) is 0. The molecule has 6 heteroatoms. The van der Waals surface area contributed by atoms with Gasteiger partial charge in [0, 0.05) is 22.6 Å². The van der Waals surface area contributed by atoms with Crippen molar-refractivity contribution in [3.8, 4) is 11.1 Å². The minimum Gasteiger partial charge on any atom is -0.461 e. The van der Waals surface area contributed by atoms with Crippen LogP contribution in [0.15, 0.2) is 29.0 Å². The number of aromatic nitrogens is 2. The predicted molar refractivity (Wildman–Crippen MR) is 58.1 cm³/mol. The summed E-state index contributed by atoms with van der Waals surface area (Å²) < 4.78 is 32.2. The summed E-state index contributed by atoms with van der Waals surface area (Å²) in [5, 5.41) is 6.54. The second-order valence-corrected chi connectivity index (χ2v) is 3.58. The van der Waals surface area contributed by atoms with Crippen LogP contribution in [0.3, 0.4) is 0 Å². The lowest BCUT2D eigenvalue weighted by Gasteiger charge is -2.04. The van der Waals surface area contributed by atoms with Crippen molar-refractivity contribution in [2.45, 2.75) is 0 Å². The highest BCUT2D eigenvalue weighted by Gasteiger charge is 2.18. The van der Waals surface area contributed by atoms with Crippen LogP contribution in [0, 0.1) is 11.6 Å². The summed E-state index contributed by atoms with van der Waals surface area (Å²) in [5.74, 6) is -1.23.